The predicted octanol–water partition coefficient (Wildman–Crippen LogP) is 3.20. The van der Waals surface area contributed by atoms with Crippen molar-refractivity contribution in [3.8, 4) is 0 Å². The summed E-state index contributed by atoms with van der Waals surface area (Å²) in [6.45, 7) is 2.08. The molecule has 24 heavy (non-hydrogen) atoms. The minimum atomic E-state index is -2.96. The van der Waals surface area contributed by atoms with Crippen LogP contribution in [-0.4, -0.2) is 29.7 Å². The summed E-state index contributed by atoms with van der Waals surface area (Å²) in [7, 11) is -2.96. The SMILES string of the molecule is CCS(=O)(=O)CCn1ccc(N[C@H]2CCCCc3ccccc32)n1. The second kappa shape index (κ2) is 7.38. The van der Waals surface area contributed by atoms with E-state index in [0.29, 0.717) is 6.54 Å². The third-order valence-corrected chi connectivity index (χ3v) is 6.34. The maximum Gasteiger partial charge on any atom is 0.151 e. The lowest BCUT2D eigenvalue weighted by atomic mass is 9.99. The van der Waals surface area contributed by atoms with Crippen LogP contribution < -0.4 is 5.32 Å². The zero-order valence-corrected chi connectivity index (χ0v) is 14.9. The van der Waals surface area contributed by atoms with E-state index in [9.17, 15) is 8.42 Å². The van der Waals surface area contributed by atoms with Gasteiger partial charge < -0.3 is 5.32 Å². The van der Waals surface area contributed by atoms with Crippen LogP contribution in [0.1, 0.15) is 43.4 Å². The molecule has 0 unspecified atom stereocenters. The van der Waals surface area contributed by atoms with Gasteiger partial charge in [0.05, 0.1) is 18.3 Å². The van der Waals surface area contributed by atoms with E-state index < -0.39 is 9.84 Å². The van der Waals surface area contributed by atoms with E-state index in [1.165, 1.54) is 24.0 Å². The molecule has 1 aliphatic rings. The van der Waals surface area contributed by atoms with Crippen LogP contribution in [0.3, 0.4) is 0 Å². The maximum absolute atomic E-state index is 11.6. The van der Waals surface area contributed by atoms with Gasteiger partial charge in [0, 0.05) is 18.0 Å². The Kier molecular flexibility index (Phi) is 5.23. The summed E-state index contributed by atoms with van der Waals surface area (Å²) >= 11 is 0. The summed E-state index contributed by atoms with van der Waals surface area (Å²) in [5.41, 5.74) is 2.78. The van der Waals surface area contributed by atoms with Crippen molar-refractivity contribution in [2.45, 2.75) is 45.2 Å². The maximum atomic E-state index is 11.6. The number of fused-ring (bicyclic) bond motifs is 1. The average molecular weight is 347 g/mol. The molecule has 0 aliphatic heterocycles. The lowest BCUT2D eigenvalue weighted by Crippen LogP contribution is -2.15. The minimum absolute atomic E-state index is 0.136. The molecule has 0 bridgehead atoms. The normalized spacial score (nSPS) is 18.0. The van der Waals surface area contributed by atoms with E-state index in [1.54, 1.807) is 11.6 Å². The van der Waals surface area contributed by atoms with Crippen molar-refractivity contribution in [2.24, 2.45) is 0 Å². The number of hydrogen-bond donors (Lipinski definition) is 1. The molecule has 0 saturated carbocycles. The number of rotatable bonds is 6. The van der Waals surface area contributed by atoms with Gasteiger partial charge in [-0.05, 0) is 30.4 Å². The van der Waals surface area contributed by atoms with Crippen LogP contribution in [0.4, 0.5) is 5.82 Å². The van der Waals surface area contributed by atoms with Crippen molar-refractivity contribution in [3.05, 3.63) is 47.7 Å². The fourth-order valence-electron chi connectivity index (χ4n) is 3.19. The van der Waals surface area contributed by atoms with Crippen LogP contribution in [-0.2, 0) is 22.8 Å². The Bertz CT molecular complexity index is 783. The number of benzene rings is 1. The molecule has 6 heteroatoms. The first-order valence-corrected chi connectivity index (χ1v) is 10.5. The molecule has 0 radical (unpaired) electrons. The summed E-state index contributed by atoms with van der Waals surface area (Å²) in [6, 6.07) is 10.8. The van der Waals surface area contributed by atoms with Gasteiger partial charge >= 0.3 is 0 Å². The smallest absolute Gasteiger partial charge is 0.151 e. The number of sulfone groups is 1. The Hall–Kier alpha value is -1.82. The van der Waals surface area contributed by atoms with Crippen LogP contribution >= 0.6 is 0 Å². The molecule has 1 atom stereocenters. The monoisotopic (exact) mass is 347 g/mol. The molecule has 2 aromatic rings. The van der Waals surface area contributed by atoms with E-state index >= 15 is 0 Å². The highest BCUT2D eigenvalue weighted by atomic mass is 32.2. The van der Waals surface area contributed by atoms with Crippen molar-refractivity contribution in [1.29, 1.82) is 0 Å². The number of aryl methyl sites for hydroxylation is 2. The second-order valence-corrected chi connectivity index (χ2v) is 8.81. The fraction of sp³-hybridized carbons (Fsp3) is 0.500. The molecule has 3 rings (SSSR count). The van der Waals surface area contributed by atoms with Crippen molar-refractivity contribution in [3.63, 3.8) is 0 Å². The molecule has 0 spiro atoms. The zero-order chi connectivity index (χ0) is 17.0. The highest BCUT2D eigenvalue weighted by Crippen LogP contribution is 2.30. The van der Waals surface area contributed by atoms with Crippen LogP contribution in [0.15, 0.2) is 36.5 Å². The summed E-state index contributed by atoms with van der Waals surface area (Å²) in [5, 5.41) is 8.01. The molecule has 5 nitrogen and oxygen atoms in total. The summed E-state index contributed by atoms with van der Waals surface area (Å²) in [6.07, 6.45) is 6.49. The van der Waals surface area contributed by atoms with Gasteiger partial charge in [-0.15, -0.1) is 0 Å². The number of nitrogens with one attached hydrogen (secondary N) is 1. The van der Waals surface area contributed by atoms with Crippen molar-refractivity contribution < 1.29 is 8.42 Å². The molecule has 1 aromatic heterocycles. The Labute approximate surface area is 144 Å². The quantitative estimate of drug-likeness (QED) is 0.815. The zero-order valence-electron chi connectivity index (χ0n) is 14.1. The number of nitrogens with zero attached hydrogens (tertiary/aromatic N) is 2. The molecule has 1 N–H and O–H groups in total. The molecular formula is C18H25N3O2S. The van der Waals surface area contributed by atoms with Crippen molar-refractivity contribution in [1.82, 2.24) is 9.78 Å². The van der Waals surface area contributed by atoms with Gasteiger partial charge in [-0.3, -0.25) is 4.68 Å². The van der Waals surface area contributed by atoms with E-state index in [1.807, 2.05) is 12.3 Å². The van der Waals surface area contributed by atoms with Crippen LogP contribution in [0.5, 0.6) is 0 Å². The summed E-state index contributed by atoms with van der Waals surface area (Å²) < 4.78 is 24.9. The van der Waals surface area contributed by atoms with Crippen LogP contribution in [0.25, 0.3) is 0 Å². The second-order valence-electron chi connectivity index (χ2n) is 6.34. The first-order chi connectivity index (χ1) is 11.6. The largest absolute Gasteiger partial charge is 0.362 e. The highest BCUT2D eigenvalue weighted by molar-refractivity contribution is 7.91. The van der Waals surface area contributed by atoms with Gasteiger partial charge in [0.2, 0.25) is 0 Å². The lowest BCUT2D eigenvalue weighted by molar-refractivity contribution is 0.581. The van der Waals surface area contributed by atoms with E-state index in [2.05, 4.69) is 34.7 Å². The van der Waals surface area contributed by atoms with Gasteiger partial charge in [0.25, 0.3) is 0 Å². The Morgan fingerprint density at radius 2 is 2.08 bits per heavy atom. The third kappa shape index (κ3) is 4.17. The topological polar surface area (TPSA) is 64.0 Å². The molecule has 1 aromatic carbocycles. The molecule has 130 valence electrons. The first-order valence-electron chi connectivity index (χ1n) is 8.65. The first kappa shape index (κ1) is 17.0. The molecule has 0 saturated heterocycles. The Morgan fingerprint density at radius 1 is 1.25 bits per heavy atom. The van der Waals surface area contributed by atoms with E-state index in [0.717, 1.165) is 18.7 Å². The van der Waals surface area contributed by atoms with E-state index in [4.69, 9.17) is 0 Å². The summed E-state index contributed by atoms with van der Waals surface area (Å²) in [5.74, 6) is 1.13. The van der Waals surface area contributed by atoms with Gasteiger partial charge in [-0.2, -0.15) is 5.10 Å². The lowest BCUT2D eigenvalue weighted by Gasteiger charge is -2.19. The molecular weight excluding hydrogens is 322 g/mol. The number of hydrogen-bond acceptors (Lipinski definition) is 4. The van der Waals surface area contributed by atoms with Gasteiger partial charge in [0.1, 0.15) is 5.82 Å². The Morgan fingerprint density at radius 3 is 2.92 bits per heavy atom. The minimum Gasteiger partial charge on any atom is -0.362 e. The number of anilines is 1. The van der Waals surface area contributed by atoms with Crippen molar-refractivity contribution in [2.75, 3.05) is 16.8 Å². The van der Waals surface area contributed by atoms with Crippen LogP contribution in [0, 0.1) is 0 Å². The predicted molar refractivity (Wildman–Crippen MR) is 96.9 cm³/mol. The third-order valence-electron chi connectivity index (χ3n) is 4.65. The Balaban J connectivity index is 1.69. The molecule has 1 heterocycles. The highest BCUT2D eigenvalue weighted by Gasteiger charge is 2.19. The summed E-state index contributed by atoms with van der Waals surface area (Å²) in [4.78, 5) is 0. The van der Waals surface area contributed by atoms with Gasteiger partial charge in [-0.1, -0.05) is 37.6 Å². The van der Waals surface area contributed by atoms with Gasteiger partial charge in [-0.25, -0.2) is 8.42 Å². The molecule has 0 amide bonds. The fourth-order valence-corrected chi connectivity index (χ4v) is 3.94. The molecule has 0 fully saturated rings. The molecule has 1 aliphatic carbocycles. The van der Waals surface area contributed by atoms with Gasteiger partial charge in [0.15, 0.2) is 9.84 Å². The van der Waals surface area contributed by atoms with Crippen LogP contribution in [0.2, 0.25) is 0 Å². The standard InChI is InChI=1S/C18H25N3O2S/c1-2-24(22,23)14-13-21-12-11-18(20-21)19-17-10-6-4-8-15-7-3-5-9-16(15)17/h3,5,7,9,11-12,17H,2,4,6,8,10,13-14H2,1H3,(H,19,20)/t17-/m0/s1. The average Bonchev–Trinajstić information content (AvgIpc) is 2.94. The number of aromatic nitrogens is 2. The van der Waals surface area contributed by atoms with Crippen molar-refractivity contribution >= 4 is 15.7 Å². The van der Waals surface area contributed by atoms with E-state index in [-0.39, 0.29) is 17.5 Å².